The molecule has 7 heteroatoms. The molecule has 0 aliphatic carbocycles. The van der Waals surface area contributed by atoms with Crippen molar-refractivity contribution in [2.45, 2.75) is 25.9 Å². The van der Waals surface area contributed by atoms with E-state index >= 15 is 0 Å². The van der Waals surface area contributed by atoms with Crippen LogP contribution in [0.2, 0.25) is 0 Å². The lowest BCUT2D eigenvalue weighted by molar-refractivity contribution is 0.0685. The van der Waals surface area contributed by atoms with Crippen LogP contribution < -0.4 is 5.32 Å². The number of carbonyl (C=O) groups excluding carboxylic acids is 2. The van der Waals surface area contributed by atoms with Crippen molar-refractivity contribution in [2.75, 3.05) is 32.7 Å². The molecule has 0 saturated carbocycles. The highest BCUT2D eigenvalue weighted by Crippen LogP contribution is 2.23. The molecule has 2 amide bonds. The SMILES string of the molecule is O=C(NCCN1CCCC1)c1ccc2c(c1)nc1n2CCN(Cc2ccccc2)C1=O. The van der Waals surface area contributed by atoms with Crippen molar-refractivity contribution < 1.29 is 9.59 Å². The number of nitrogens with zero attached hydrogens (tertiary/aromatic N) is 4. The minimum Gasteiger partial charge on any atom is -0.351 e. The third-order valence-corrected chi connectivity index (χ3v) is 6.21. The van der Waals surface area contributed by atoms with Crippen LogP contribution in [0.5, 0.6) is 0 Å². The zero-order chi connectivity index (χ0) is 21.2. The van der Waals surface area contributed by atoms with E-state index in [2.05, 4.69) is 15.2 Å². The van der Waals surface area contributed by atoms with Crippen molar-refractivity contribution in [3.8, 4) is 0 Å². The molecule has 31 heavy (non-hydrogen) atoms. The van der Waals surface area contributed by atoms with Crippen LogP contribution in [0.1, 0.15) is 39.4 Å². The first kappa shape index (κ1) is 19.8. The molecule has 7 nitrogen and oxygen atoms in total. The van der Waals surface area contributed by atoms with E-state index in [-0.39, 0.29) is 11.8 Å². The zero-order valence-electron chi connectivity index (χ0n) is 17.6. The first-order valence-electron chi connectivity index (χ1n) is 11.0. The van der Waals surface area contributed by atoms with Crippen LogP contribution in [0.3, 0.4) is 0 Å². The fourth-order valence-corrected chi connectivity index (χ4v) is 4.51. The maximum Gasteiger partial charge on any atom is 0.290 e. The summed E-state index contributed by atoms with van der Waals surface area (Å²) in [5.74, 6) is 0.288. The number of likely N-dealkylation sites (tertiary alicyclic amines) is 1. The molecule has 5 rings (SSSR count). The van der Waals surface area contributed by atoms with Crippen LogP contribution in [0.25, 0.3) is 11.0 Å². The van der Waals surface area contributed by atoms with Gasteiger partial charge in [-0.05, 0) is 49.7 Å². The third kappa shape index (κ3) is 4.05. The first-order valence-corrected chi connectivity index (χ1v) is 11.0. The number of benzene rings is 2. The number of nitrogens with one attached hydrogen (secondary N) is 1. The lowest BCUT2D eigenvalue weighted by Crippen LogP contribution is -2.39. The summed E-state index contributed by atoms with van der Waals surface area (Å²) >= 11 is 0. The molecule has 3 heterocycles. The highest BCUT2D eigenvalue weighted by molar-refractivity contribution is 6.00. The lowest BCUT2D eigenvalue weighted by Gasteiger charge is -2.27. The molecule has 1 fully saturated rings. The predicted octanol–water partition coefficient (Wildman–Crippen LogP) is 2.52. The molecule has 160 valence electrons. The van der Waals surface area contributed by atoms with Gasteiger partial charge in [0.25, 0.3) is 11.8 Å². The van der Waals surface area contributed by atoms with E-state index in [0.717, 1.165) is 30.7 Å². The number of amides is 2. The minimum absolute atomic E-state index is 0.0667. The van der Waals surface area contributed by atoms with Crippen molar-refractivity contribution in [3.63, 3.8) is 0 Å². The number of carbonyl (C=O) groups is 2. The lowest BCUT2D eigenvalue weighted by atomic mass is 10.2. The largest absolute Gasteiger partial charge is 0.351 e. The van der Waals surface area contributed by atoms with Crippen LogP contribution in [-0.4, -0.2) is 63.9 Å². The van der Waals surface area contributed by atoms with Crippen molar-refractivity contribution in [1.29, 1.82) is 0 Å². The molecule has 2 aromatic carbocycles. The Labute approximate surface area is 181 Å². The number of hydrogen-bond donors (Lipinski definition) is 1. The van der Waals surface area contributed by atoms with Gasteiger partial charge in [0.2, 0.25) is 0 Å². The van der Waals surface area contributed by atoms with E-state index in [1.165, 1.54) is 12.8 Å². The van der Waals surface area contributed by atoms with E-state index in [9.17, 15) is 9.59 Å². The molecule has 0 spiro atoms. The summed E-state index contributed by atoms with van der Waals surface area (Å²) < 4.78 is 1.97. The Kier molecular flexibility index (Phi) is 5.42. The quantitative estimate of drug-likeness (QED) is 0.669. The minimum atomic E-state index is -0.0934. The third-order valence-electron chi connectivity index (χ3n) is 6.21. The molecule has 3 aromatic rings. The van der Waals surface area contributed by atoms with Gasteiger partial charge in [0.05, 0.1) is 11.0 Å². The molecule has 0 atom stereocenters. The predicted molar refractivity (Wildman–Crippen MR) is 119 cm³/mol. The van der Waals surface area contributed by atoms with Gasteiger partial charge in [0.1, 0.15) is 0 Å². The molecule has 2 aliphatic rings. The van der Waals surface area contributed by atoms with Gasteiger partial charge in [-0.25, -0.2) is 4.98 Å². The number of fused-ring (bicyclic) bond motifs is 3. The second kappa shape index (κ2) is 8.51. The van der Waals surface area contributed by atoms with E-state index in [0.29, 0.717) is 43.1 Å². The zero-order valence-corrected chi connectivity index (χ0v) is 17.6. The van der Waals surface area contributed by atoms with Crippen molar-refractivity contribution >= 4 is 22.8 Å². The topological polar surface area (TPSA) is 70.5 Å². The van der Waals surface area contributed by atoms with Gasteiger partial charge in [-0.1, -0.05) is 30.3 Å². The number of rotatable bonds is 6. The molecule has 0 unspecified atom stereocenters. The van der Waals surface area contributed by atoms with Gasteiger partial charge in [0.15, 0.2) is 5.82 Å². The summed E-state index contributed by atoms with van der Waals surface area (Å²) in [7, 11) is 0. The smallest absolute Gasteiger partial charge is 0.290 e. The molecular weight excluding hydrogens is 390 g/mol. The maximum atomic E-state index is 13.0. The fraction of sp³-hybridized carbons (Fsp3) is 0.375. The number of aromatic nitrogens is 2. The van der Waals surface area contributed by atoms with Gasteiger partial charge in [-0.2, -0.15) is 0 Å². The molecule has 0 bridgehead atoms. The summed E-state index contributed by atoms with van der Waals surface area (Å²) in [5, 5.41) is 3.01. The summed E-state index contributed by atoms with van der Waals surface area (Å²) in [6.45, 7) is 5.70. The van der Waals surface area contributed by atoms with Crippen LogP contribution in [0.4, 0.5) is 0 Å². The summed E-state index contributed by atoms with van der Waals surface area (Å²) in [6, 6.07) is 15.5. The second-order valence-corrected chi connectivity index (χ2v) is 8.31. The van der Waals surface area contributed by atoms with E-state index < -0.39 is 0 Å². The Balaban J connectivity index is 1.30. The van der Waals surface area contributed by atoms with E-state index in [1.807, 2.05) is 51.9 Å². The highest BCUT2D eigenvalue weighted by Gasteiger charge is 2.28. The monoisotopic (exact) mass is 417 g/mol. The van der Waals surface area contributed by atoms with Crippen LogP contribution >= 0.6 is 0 Å². The normalized spacial score (nSPS) is 16.6. The van der Waals surface area contributed by atoms with Crippen molar-refractivity contribution in [1.82, 2.24) is 24.7 Å². The Morgan fingerprint density at radius 3 is 2.61 bits per heavy atom. The molecule has 2 aliphatic heterocycles. The van der Waals surface area contributed by atoms with E-state index in [4.69, 9.17) is 0 Å². The van der Waals surface area contributed by atoms with Crippen LogP contribution in [-0.2, 0) is 13.1 Å². The standard InChI is InChI=1S/C24H27N5O2/c30-23(25-10-13-27-11-4-5-12-27)19-8-9-21-20(16-19)26-22-24(31)28(14-15-29(21)22)17-18-6-2-1-3-7-18/h1-3,6-9,16H,4-5,10-15,17H2,(H,25,30). The van der Waals surface area contributed by atoms with Crippen molar-refractivity contribution in [2.24, 2.45) is 0 Å². The molecule has 1 N–H and O–H groups in total. The fourth-order valence-electron chi connectivity index (χ4n) is 4.51. The second-order valence-electron chi connectivity index (χ2n) is 8.31. The molecule has 1 aromatic heterocycles. The molecular formula is C24H27N5O2. The maximum absolute atomic E-state index is 13.0. The first-order chi connectivity index (χ1) is 15.2. The highest BCUT2D eigenvalue weighted by atomic mass is 16.2. The Hall–Kier alpha value is -3.19. The summed E-state index contributed by atoms with van der Waals surface area (Å²) in [6.07, 6.45) is 2.49. The van der Waals surface area contributed by atoms with Gasteiger partial charge in [-0.15, -0.1) is 0 Å². The average molecular weight is 418 g/mol. The van der Waals surface area contributed by atoms with Gasteiger partial charge < -0.3 is 19.7 Å². The van der Waals surface area contributed by atoms with Crippen LogP contribution in [0.15, 0.2) is 48.5 Å². The van der Waals surface area contributed by atoms with Gasteiger partial charge in [0, 0.05) is 38.3 Å². The Morgan fingerprint density at radius 1 is 1.00 bits per heavy atom. The van der Waals surface area contributed by atoms with Gasteiger partial charge >= 0.3 is 0 Å². The Bertz CT molecular complexity index is 1100. The van der Waals surface area contributed by atoms with Crippen LogP contribution in [0, 0.1) is 0 Å². The average Bonchev–Trinajstić information content (AvgIpc) is 3.44. The molecule has 1 saturated heterocycles. The van der Waals surface area contributed by atoms with Crippen molar-refractivity contribution in [3.05, 3.63) is 65.5 Å². The number of imidazole rings is 1. The van der Waals surface area contributed by atoms with Gasteiger partial charge in [-0.3, -0.25) is 9.59 Å². The Morgan fingerprint density at radius 2 is 1.81 bits per heavy atom. The summed E-state index contributed by atoms with van der Waals surface area (Å²) in [5.41, 5.74) is 3.28. The summed E-state index contributed by atoms with van der Waals surface area (Å²) in [4.78, 5) is 34.4. The molecule has 0 radical (unpaired) electrons. The number of hydrogen-bond acceptors (Lipinski definition) is 4. The van der Waals surface area contributed by atoms with E-state index in [1.54, 1.807) is 6.07 Å².